The fraction of sp³-hybridized carbons (Fsp3) is 0.692. The van der Waals surface area contributed by atoms with Crippen molar-refractivity contribution in [3.8, 4) is 12.3 Å². The number of carboxylic acid groups (broad SMARTS) is 1. The molecule has 4 heteroatoms. The van der Waals surface area contributed by atoms with E-state index in [0.29, 0.717) is 12.8 Å². The number of amides is 1. The van der Waals surface area contributed by atoms with Gasteiger partial charge in [-0.3, -0.25) is 9.59 Å². The monoisotopic (exact) mass is 239 g/mol. The summed E-state index contributed by atoms with van der Waals surface area (Å²) in [6.07, 6.45) is 6.06. The number of hydrogen-bond acceptors (Lipinski definition) is 2. The zero-order chi connectivity index (χ0) is 13.7. The number of carbonyl (C=O) groups excluding carboxylic acids is 1. The Bertz CT molecular complexity index is 335. The maximum absolute atomic E-state index is 11.8. The summed E-state index contributed by atoms with van der Waals surface area (Å²) in [6, 6.07) is 0. The molecule has 0 atom stereocenters. The molecule has 17 heavy (non-hydrogen) atoms. The summed E-state index contributed by atoms with van der Waals surface area (Å²) in [6.45, 7) is 6.95. The van der Waals surface area contributed by atoms with Crippen LogP contribution in [0, 0.1) is 17.8 Å². The standard InChI is InChI=1S/C13H21NO3/c1-6-12(4,5)14-10(15)9-13(7-2,8-3)11(16)17/h1H,7-9H2,2-5H3,(H,14,15)(H,16,17). The van der Waals surface area contributed by atoms with Crippen molar-refractivity contribution in [2.45, 2.75) is 52.5 Å². The molecule has 0 saturated heterocycles. The van der Waals surface area contributed by atoms with Crippen LogP contribution in [0.3, 0.4) is 0 Å². The van der Waals surface area contributed by atoms with Crippen LogP contribution in [0.1, 0.15) is 47.0 Å². The van der Waals surface area contributed by atoms with E-state index in [1.165, 1.54) is 0 Å². The maximum Gasteiger partial charge on any atom is 0.310 e. The molecular weight excluding hydrogens is 218 g/mol. The average molecular weight is 239 g/mol. The van der Waals surface area contributed by atoms with Crippen molar-refractivity contribution in [3.05, 3.63) is 0 Å². The number of hydrogen-bond donors (Lipinski definition) is 2. The minimum absolute atomic E-state index is 0.0412. The van der Waals surface area contributed by atoms with Gasteiger partial charge < -0.3 is 10.4 Å². The van der Waals surface area contributed by atoms with E-state index < -0.39 is 16.9 Å². The van der Waals surface area contributed by atoms with E-state index in [1.807, 2.05) is 0 Å². The van der Waals surface area contributed by atoms with E-state index in [2.05, 4.69) is 11.2 Å². The van der Waals surface area contributed by atoms with Gasteiger partial charge in [-0.1, -0.05) is 19.8 Å². The Morgan fingerprint density at radius 1 is 1.29 bits per heavy atom. The maximum atomic E-state index is 11.8. The Morgan fingerprint density at radius 3 is 2.06 bits per heavy atom. The summed E-state index contributed by atoms with van der Waals surface area (Å²) in [5.41, 5.74) is -1.74. The van der Waals surface area contributed by atoms with Gasteiger partial charge in [0.25, 0.3) is 0 Å². The van der Waals surface area contributed by atoms with Crippen LogP contribution in [-0.2, 0) is 9.59 Å². The molecule has 0 saturated carbocycles. The van der Waals surface area contributed by atoms with E-state index in [4.69, 9.17) is 6.42 Å². The molecule has 0 aliphatic rings. The van der Waals surface area contributed by atoms with E-state index >= 15 is 0 Å². The molecule has 0 aliphatic carbocycles. The van der Waals surface area contributed by atoms with Crippen LogP contribution < -0.4 is 5.32 Å². The minimum atomic E-state index is -0.991. The summed E-state index contributed by atoms with van der Waals surface area (Å²) >= 11 is 0. The molecule has 4 nitrogen and oxygen atoms in total. The molecule has 0 unspecified atom stereocenters. The van der Waals surface area contributed by atoms with E-state index in [0.717, 1.165) is 0 Å². The Balaban J connectivity index is 4.77. The van der Waals surface area contributed by atoms with E-state index in [9.17, 15) is 14.7 Å². The first-order valence-corrected chi connectivity index (χ1v) is 5.75. The molecule has 0 rings (SSSR count). The largest absolute Gasteiger partial charge is 0.481 e. The van der Waals surface area contributed by atoms with Gasteiger partial charge in [0, 0.05) is 6.42 Å². The van der Waals surface area contributed by atoms with E-state index in [-0.39, 0.29) is 12.3 Å². The van der Waals surface area contributed by atoms with Gasteiger partial charge in [0.1, 0.15) is 0 Å². The van der Waals surface area contributed by atoms with Gasteiger partial charge in [-0.15, -0.1) is 6.42 Å². The van der Waals surface area contributed by atoms with Crippen molar-refractivity contribution in [1.82, 2.24) is 5.32 Å². The highest BCUT2D eigenvalue weighted by molar-refractivity contribution is 5.85. The zero-order valence-corrected chi connectivity index (χ0v) is 11.0. The fourth-order valence-corrected chi connectivity index (χ4v) is 1.61. The van der Waals surface area contributed by atoms with Gasteiger partial charge in [-0.2, -0.15) is 0 Å². The Morgan fingerprint density at radius 2 is 1.76 bits per heavy atom. The molecule has 0 heterocycles. The number of carboxylic acids is 1. The summed E-state index contributed by atoms with van der Waals surface area (Å²) < 4.78 is 0. The molecule has 0 bridgehead atoms. The van der Waals surface area contributed by atoms with Crippen LogP contribution in [0.2, 0.25) is 0 Å². The van der Waals surface area contributed by atoms with Crippen molar-refractivity contribution in [1.29, 1.82) is 0 Å². The van der Waals surface area contributed by atoms with Crippen molar-refractivity contribution >= 4 is 11.9 Å². The number of rotatable bonds is 6. The van der Waals surface area contributed by atoms with Crippen molar-refractivity contribution in [2.75, 3.05) is 0 Å². The third-order valence-corrected chi connectivity index (χ3v) is 3.12. The predicted molar refractivity (Wildman–Crippen MR) is 66.3 cm³/mol. The van der Waals surface area contributed by atoms with Gasteiger partial charge in [-0.25, -0.2) is 0 Å². The van der Waals surface area contributed by atoms with Crippen molar-refractivity contribution in [2.24, 2.45) is 5.41 Å². The van der Waals surface area contributed by atoms with Crippen molar-refractivity contribution < 1.29 is 14.7 Å². The van der Waals surface area contributed by atoms with Crippen LogP contribution in [0.25, 0.3) is 0 Å². The minimum Gasteiger partial charge on any atom is -0.481 e. The van der Waals surface area contributed by atoms with Crippen LogP contribution in [0.4, 0.5) is 0 Å². The Kier molecular flexibility index (Phi) is 5.21. The van der Waals surface area contributed by atoms with Gasteiger partial charge in [0.15, 0.2) is 0 Å². The lowest BCUT2D eigenvalue weighted by Crippen LogP contribution is -2.45. The lowest BCUT2D eigenvalue weighted by atomic mass is 9.79. The molecule has 96 valence electrons. The van der Waals surface area contributed by atoms with Gasteiger partial charge >= 0.3 is 5.97 Å². The predicted octanol–water partition coefficient (Wildman–Crippen LogP) is 1.80. The van der Waals surface area contributed by atoms with Crippen LogP contribution in [-0.4, -0.2) is 22.5 Å². The highest BCUT2D eigenvalue weighted by Crippen LogP contribution is 2.31. The first-order chi connectivity index (χ1) is 7.73. The smallest absolute Gasteiger partial charge is 0.310 e. The summed E-state index contributed by atoms with van der Waals surface area (Å²) in [4.78, 5) is 23.0. The number of terminal acetylenes is 1. The second-order valence-electron chi connectivity index (χ2n) is 4.79. The fourth-order valence-electron chi connectivity index (χ4n) is 1.61. The third-order valence-electron chi connectivity index (χ3n) is 3.12. The summed E-state index contributed by atoms with van der Waals surface area (Å²) in [5, 5.41) is 11.9. The average Bonchev–Trinajstić information content (AvgIpc) is 2.25. The van der Waals surface area contributed by atoms with Crippen LogP contribution in [0.5, 0.6) is 0 Å². The number of aliphatic carboxylic acids is 1. The van der Waals surface area contributed by atoms with Gasteiger partial charge in [0.2, 0.25) is 5.91 Å². The third kappa shape index (κ3) is 4.10. The molecule has 0 aliphatic heterocycles. The molecule has 0 spiro atoms. The van der Waals surface area contributed by atoms with Crippen LogP contribution in [0.15, 0.2) is 0 Å². The molecule has 0 aromatic rings. The second-order valence-corrected chi connectivity index (χ2v) is 4.79. The normalized spacial score (nSPS) is 11.7. The molecule has 2 N–H and O–H groups in total. The highest BCUT2D eigenvalue weighted by Gasteiger charge is 2.37. The Hall–Kier alpha value is -1.50. The van der Waals surface area contributed by atoms with Gasteiger partial charge in [-0.05, 0) is 26.7 Å². The first-order valence-electron chi connectivity index (χ1n) is 5.75. The SMILES string of the molecule is C#CC(C)(C)NC(=O)CC(CC)(CC)C(=O)O. The van der Waals surface area contributed by atoms with E-state index in [1.54, 1.807) is 27.7 Å². The first kappa shape index (κ1) is 15.5. The molecule has 0 aromatic heterocycles. The number of carbonyl (C=O) groups is 2. The lowest BCUT2D eigenvalue weighted by molar-refractivity contribution is -0.152. The highest BCUT2D eigenvalue weighted by atomic mass is 16.4. The molecule has 0 aromatic carbocycles. The summed E-state index contributed by atoms with van der Waals surface area (Å²) in [5.74, 6) is 1.19. The summed E-state index contributed by atoms with van der Waals surface area (Å²) in [7, 11) is 0. The molecular formula is C13H21NO3. The molecule has 1 amide bonds. The molecule has 0 radical (unpaired) electrons. The van der Waals surface area contributed by atoms with Crippen molar-refractivity contribution in [3.63, 3.8) is 0 Å². The van der Waals surface area contributed by atoms with Gasteiger partial charge in [0.05, 0.1) is 11.0 Å². The second kappa shape index (κ2) is 5.72. The Labute approximate surface area is 103 Å². The topological polar surface area (TPSA) is 66.4 Å². The number of nitrogens with one attached hydrogen (secondary N) is 1. The lowest BCUT2D eigenvalue weighted by Gasteiger charge is -2.28. The molecule has 0 fully saturated rings. The van der Waals surface area contributed by atoms with Crippen LogP contribution >= 0.6 is 0 Å². The zero-order valence-electron chi connectivity index (χ0n) is 11.0. The quantitative estimate of drug-likeness (QED) is 0.694.